The highest BCUT2D eigenvalue weighted by atomic mass is 33.1. The van der Waals surface area contributed by atoms with Crippen LogP contribution in [-0.2, 0) is 0 Å². The SMILES string of the molecule is CCC(SSC)C(F)(F)F. The van der Waals surface area contributed by atoms with Gasteiger partial charge in [-0.2, -0.15) is 13.2 Å². The van der Waals surface area contributed by atoms with Crippen molar-refractivity contribution in [3.05, 3.63) is 0 Å². The van der Waals surface area contributed by atoms with Crippen molar-refractivity contribution in [2.45, 2.75) is 24.8 Å². The van der Waals surface area contributed by atoms with Gasteiger partial charge >= 0.3 is 6.18 Å². The molecule has 0 spiro atoms. The van der Waals surface area contributed by atoms with Crippen molar-refractivity contribution in [3.63, 3.8) is 0 Å². The van der Waals surface area contributed by atoms with Crippen LogP contribution in [0.5, 0.6) is 0 Å². The predicted octanol–water partition coefficient (Wildman–Crippen LogP) is 3.34. The summed E-state index contributed by atoms with van der Waals surface area (Å²) in [5, 5.41) is -1.21. The Morgan fingerprint density at radius 2 is 1.90 bits per heavy atom. The third-order valence-electron chi connectivity index (χ3n) is 0.948. The number of hydrogen-bond donors (Lipinski definition) is 0. The van der Waals surface area contributed by atoms with E-state index >= 15 is 0 Å². The fraction of sp³-hybridized carbons (Fsp3) is 1.00. The third kappa shape index (κ3) is 3.61. The maximum absolute atomic E-state index is 11.9. The minimum Gasteiger partial charge on any atom is -0.170 e. The summed E-state index contributed by atoms with van der Waals surface area (Å²) in [7, 11) is 2.03. The lowest BCUT2D eigenvalue weighted by Gasteiger charge is -2.15. The molecular formula is C5H9F3S2. The first kappa shape index (κ1) is 10.5. The average molecular weight is 190 g/mol. The molecule has 0 nitrogen and oxygen atoms in total. The van der Waals surface area contributed by atoms with E-state index in [-0.39, 0.29) is 6.42 Å². The van der Waals surface area contributed by atoms with E-state index in [1.165, 1.54) is 0 Å². The van der Waals surface area contributed by atoms with Gasteiger partial charge in [0.05, 0.1) is 0 Å². The molecule has 0 rings (SSSR count). The Morgan fingerprint density at radius 1 is 1.40 bits per heavy atom. The van der Waals surface area contributed by atoms with Crippen LogP contribution in [0.3, 0.4) is 0 Å². The van der Waals surface area contributed by atoms with Gasteiger partial charge < -0.3 is 0 Å². The number of alkyl halides is 3. The molecule has 0 aliphatic carbocycles. The molecule has 0 aliphatic heterocycles. The summed E-state index contributed by atoms with van der Waals surface area (Å²) in [4.78, 5) is 0. The van der Waals surface area contributed by atoms with Crippen LogP contribution in [0.2, 0.25) is 0 Å². The Labute approximate surface area is 66.3 Å². The van der Waals surface area contributed by atoms with Crippen LogP contribution in [0.4, 0.5) is 13.2 Å². The summed E-state index contributed by atoms with van der Waals surface area (Å²) >= 11 is 0. The van der Waals surface area contributed by atoms with Crippen molar-refractivity contribution < 1.29 is 13.2 Å². The van der Waals surface area contributed by atoms with Crippen LogP contribution in [-0.4, -0.2) is 17.7 Å². The van der Waals surface area contributed by atoms with E-state index in [1.54, 1.807) is 13.2 Å². The van der Waals surface area contributed by atoms with Crippen molar-refractivity contribution >= 4 is 21.6 Å². The van der Waals surface area contributed by atoms with Gasteiger partial charge in [-0.15, -0.1) is 0 Å². The van der Waals surface area contributed by atoms with Crippen molar-refractivity contribution in [1.82, 2.24) is 0 Å². The Kier molecular flexibility index (Phi) is 4.60. The molecule has 1 atom stereocenters. The Balaban J connectivity index is 3.81. The molecule has 0 N–H and O–H groups in total. The van der Waals surface area contributed by atoms with E-state index in [0.29, 0.717) is 0 Å². The highest BCUT2D eigenvalue weighted by Crippen LogP contribution is 2.37. The molecule has 0 fully saturated rings. The normalized spacial score (nSPS) is 15.3. The first-order valence-electron chi connectivity index (χ1n) is 2.78. The maximum atomic E-state index is 11.9. The van der Waals surface area contributed by atoms with E-state index in [4.69, 9.17) is 0 Å². The second-order valence-electron chi connectivity index (χ2n) is 1.70. The van der Waals surface area contributed by atoms with Gasteiger partial charge in [0.25, 0.3) is 0 Å². The molecule has 0 aromatic heterocycles. The van der Waals surface area contributed by atoms with Crippen molar-refractivity contribution in [1.29, 1.82) is 0 Å². The molecule has 0 aromatic carbocycles. The quantitative estimate of drug-likeness (QED) is 0.626. The van der Waals surface area contributed by atoms with Crippen molar-refractivity contribution in [2.75, 3.05) is 6.26 Å². The molecule has 0 radical (unpaired) electrons. The van der Waals surface area contributed by atoms with E-state index in [9.17, 15) is 13.2 Å². The smallest absolute Gasteiger partial charge is 0.170 e. The minimum atomic E-state index is -4.04. The van der Waals surface area contributed by atoms with Gasteiger partial charge in [-0.3, -0.25) is 0 Å². The molecule has 62 valence electrons. The average Bonchev–Trinajstić information content (AvgIpc) is 1.80. The van der Waals surface area contributed by atoms with Crippen LogP contribution in [0, 0.1) is 0 Å². The summed E-state index contributed by atoms with van der Waals surface area (Å²) < 4.78 is 35.6. The van der Waals surface area contributed by atoms with Crippen LogP contribution in [0.1, 0.15) is 13.3 Å². The Bertz CT molecular complexity index is 91.4. The zero-order chi connectivity index (χ0) is 8.20. The summed E-state index contributed by atoms with van der Waals surface area (Å²) in [6.45, 7) is 1.54. The zero-order valence-corrected chi connectivity index (χ0v) is 7.37. The molecule has 0 amide bonds. The lowest BCUT2D eigenvalue weighted by atomic mass is 10.3. The maximum Gasteiger partial charge on any atom is 0.401 e. The van der Waals surface area contributed by atoms with Gasteiger partial charge in [-0.05, 0) is 12.7 Å². The standard InChI is InChI=1S/C5H9F3S2/c1-3-4(10-9-2)5(6,7)8/h4H,3H2,1-2H3. The van der Waals surface area contributed by atoms with Gasteiger partial charge in [-0.1, -0.05) is 28.5 Å². The largest absolute Gasteiger partial charge is 0.401 e. The second-order valence-corrected chi connectivity index (χ2v) is 4.37. The lowest BCUT2D eigenvalue weighted by molar-refractivity contribution is -0.128. The van der Waals surface area contributed by atoms with Crippen molar-refractivity contribution in [2.24, 2.45) is 0 Å². The zero-order valence-electron chi connectivity index (χ0n) is 5.73. The van der Waals surface area contributed by atoms with E-state index < -0.39 is 11.4 Å². The fourth-order valence-corrected chi connectivity index (χ4v) is 2.38. The lowest BCUT2D eigenvalue weighted by Crippen LogP contribution is -2.23. The van der Waals surface area contributed by atoms with Gasteiger partial charge in [0.15, 0.2) is 0 Å². The minimum absolute atomic E-state index is 0.148. The highest BCUT2D eigenvalue weighted by Gasteiger charge is 2.38. The topological polar surface area (TPSA) is 0 Å². The van der Waals surface area contributed by atoms with E-state index in [1.807, 2.05) is 0 Å². The second kappa shape index (κ2) is 4.38. The molecule has 0 saturated carbocycles. The van der Waals surface area contributed by atoms with E-state index in [2.05, 4.69) is 0 Å². The van der Waals surface area contributed by atoms with Crippen LogP contribution in [0.15, 0.2) is 0 Å². The molecular weight excluding hydrogens is 181 g/mol. The first-order chi connectivity index (χ1) is 4.52. The summed E-state index contributed by atoms with van der Waals surface area (Å²) in [6.07, 6.45) is -2.24. The van der Waals surface area contributed by atoms with Crippen LogP contribution >= 0.6 is 21.6 Å². The van der Waals surface area contributed by atoms with E-state index in [0.717, 1.165) is 21.6 Å². The molecule has 10 heavy (non-hydrogen) atoms. The van der Waals surface area contributed by atoms with Gasteiger partial charge in [0.1, 0.15) is 5.25 Å². The number of hydrogen-bond acceptors (Lipinski definition) is 2. The van der Waals surface area contributed by atoms with Crippen molar-refractivity contribution in [3.8, 4) is 0 Å². The first-order valence-corrected chi connectivity index (χ1v) is 5.40. The van der Waals surface area contributed by atoms with Gasteiger partial charge in [0, 0.05) is 0 Å². The molecule has 5 heteroatoms. The number of halogens is 3. The molecule has 0 aromatic rings. The van der Waals surface area contributed by atoms with Gasteiger partial charge in [0.2, 0.25) is 0 Å². The molecule has 0 saturated heterocycles. The Hall–Kier alpha value is 0.490. The highest BCUT2D eigenvalue weighted by molar-refractivity contribution is 8.76. The fourth-order valence-electron chi connectivity index (χ4n) is 0.470. The predicted molar refractivity (Wildman–Crippen MR) is 41.2 cm³/mol. The molecule has 0 bridgehead atoms. The molecule has 0 heterocycles. The monoisotopic (exact) mass is 190 g/mol. The van der Waals surface area contributed by atoms with Gasteiger partial charge in [-0.25, -0.2) is 0 Å². The summed E-state index contributed by atoms with van der Waals surface area (Å²) in [5.41, 5.74) is 0. The molecule has 1 unspecified atom stereocenters. The summed E-state index contributed by atoms with van der Waals surface area (Å²) in [5.74, 6) is 0. The van der Waals surface area contributed by atoms with Crippen LogP contribution in [0.25, 0.3) is 0 Å². The van der Waals surface area contributed by atoms with Crippen LogP contribution < -0.4 is 0 Å². The summed E-state index contributed by atoms with van der Waals surface area (Å²) in [6, 6.07) is 0. The third-order valence-corrected chi connectivity index (χ3v) is 3.25. The number of rotatable bonds is 3. The Morgan fingerprint density at radius 3 is 2.00 bits per heavy atom. The molecule has 0 aliphatic rings.